The van der Waals surface area contributed by atoms with Crippen molar-refractivity contribution < 1.29 is 18.3 Å². The molecule has 6 nitrogen and oxygen atoms in total. The minimum Gasteiger partial charge on any atom is -0.465 e. The fourth-order valence-electron chi connectivity index (χ4n) is 2.91. The van der Waals surface area contributed by atoms with E-state index in [-0.39, 0.29) is 16.4 Å². The zero-order valence-electron chi connectivity index (χ0n) is 15.9. The van der Waals surface area contributed by atoms with E-state index >= 15 is 0 Å². The van der Waals surface area contributed by atoms with Crippen molar-refractivity contribution in [3.8, 4) is 0 Å². The Morgan fingerprint density at radius 3 is 2.33 bits per heavy atom. The first-order valence-electron chi connectivity index (χ1n) is 8.67. The van der Waals surface area contributed by atoms with Crippen LogP contribution < -0.4 is 5.32 Å². The van der Waals surface area contributed by atoms with Crippen molar-refractivity contribution in [1.29, 1.82) is 0 Å². The van der Waals surface area contributed by atoms with Gasteiger partial charge in [0.25, 0.3) is 10.0 Å². The number of carbonyl (C=O) groups is 1. The number of hydrogen-bond acceptors (Lipinski definition) is 3. The van der Waals surface area contributed by atoms with Gasteiger partial charge in [-0.15, -0.1) is 0 Å². The summed E-state index contributed by atoms with van der Waals surface area (Å²) in [5.74, 6) is 0. The van der Waals surface area contributed by atoms with Crippen LogP contribution in [0.5, 0.6) is 0 Å². The van der Waals surface area contributed by atoms with Gasteiger partial charge in [0.1, 0.15) is 4.60 Å². The summed E-state index contributed by atoms with van der Waals surface area (Å²) >= 11 is 3.43. The van der Waals surface area contributed by atoms with Gasteiger partial charge in [-0.25, -0.2) is 17.2 Å². The third-order valence-corrected chi connectivity index (χ3v) is 7.29. The van der Waals surface area contributed by atoms with E-state index in [4.69, 9.17) is 5.11 Å². The number of nitrogens with one attached hydrogen (secondary N) is 1. The molecule has 2 rings (SSSR count). The van der Waals surface area contributed by atoms with Gasteiger partial charge in [0.15, 0.2) is 0 Å². The van der Waals surface area contributed by atoms with Gasteiger partial charge < -0.3 is 10.4 Å². The van der Waals surface area contributed by atoms with Crippen LogP contribution in [-0.4, -0.2) is 29.6 Å². The third-order valence-electron chi connectivity index (χ3n) is 4.52. The number of benzene rings is 1. The van der Waals surface area contributed by atoms with E-state index in [2.05, 4.69) is 21.2 Å². The van der Waals surface area contributed by atoms with E-state index in [1.807, 2.05) is 27.7 Å². The Morgan fingerprint density at radius 1 is 1.26 bits per heavy atom. The van der Waals surface area contributed by atoms with Crippen LogP contribution in [0.25, 0.3) is 0 Å². The maximum atomic E-state index is 13.0. The minimum atomic E-state index is -3.74. The van der Waals surface area contributed by atoms with E-state index in [9.17, 15) is 13.2 Å². The molecule has 0 bridgehead atoms. The van der Waals surface area contributed by atoms with Gasteiger partial charge in [-0.2, -0.15) is 0 Å². The molecule has 1 aromatic carbocycles. The second kappa shape index (κ2) is 8.06. The van der Waals surface area contributed by atoms with Crippen LogP contribution in [0.4, 0.5) is 4.79 Å². The Kier molecular flexibility index (Phi) is 6.42. The molecule has 1 aromatic heterocycles. The molecule has 0 saturated heterocycles. The number of halogens is 1. The molecule has 0 spiro atoms. The molecule has 1 unspecified atom stereocenters. The second-order valence-corrected chi connectivity index (χ2v) is 10.0. The largest absolute Gasteiger partial charge is 0.465 e. The van der Waals surface area contributed by atoms with Crippen LogP contribution in [0.15, 0.2) is 46.0 Å². The molecule has 0 fully saturated rings. The van der Waals surface area contributed by atoms with Gasteiger partial charge in [0, 0.05) is 12.2 Å². The number of carboxylic acid groups (broad SMARTS) is 1. The lowest BCUT2D eigenvalue weighted by Crippen LogP contribution is -2.44. The van der Waals surface area contributed by atoms with Gasteiger partial charge in [-0.05, 0) is 57.4 Å². The van der Waals surface area contributed by atoms with Crippen molar-refractivity contribution >= 4 is 32.0 Å². The van der Waals surface area contributed by atoms with Gasteiger partial charge in [0.05, 0.1) is 4.90 Å². The molecule has 27 heavy (non-hydrogen) atoms. The normalized spacial score (nSPS) is 13.4. The molecule has 0 saturated carbocycles. The van der Waals surface area contributed by atoms with Crippen LogP contribution in [0.1, 0.15) is 38.8 Å². The Morgan fingerprint density at radius 2 is 1.85 bits per heavy atom. The summed E-state index contributed by atoms with van der Waals surface area (Å²) in [4.78, 5) is 11.4. The smallest absolute Gasteiger partial charge is 0.404 e. The lowest BCUT2D eigenvalue weighted by molar-refractivity contribution is 0.174. The number of amides is 1. The van der Waals surface area contributed by atoms with Crippen LogP contribution in [0, 0.1) is 5.41 Å². The number of nitrogens with zero attached hydrogens (tertiary/aromatic N) is 1. The molecule has 0 radical (unpaired) electrons. The first-order valence-corrected chi connectivity index (χ1v) is 10.9. The van der Waals surface area contributed by atoms with Gasteiger partial charge >= 0.3 is 6.09 Å². The third kappa shape index (κ3) is 4.73. The molecule has 1 amide bonds. The monoisotopic (exact) mass is 456 g/mol. The summed E-state index contributed by atoms with van der Waals surface area (Å²) in [6.45, 7) is 7.80. The van der Waals surface area contributed by atoms with Crippen molar-refractivity contribution in [3.63, 3.8) is 0 Å². The Bertz CT molecular complexity index is 915. The molecular weight excluding hydrogens is 432 g/mol. The van der Waals surface area contributed by atoms with E-state index in [1.165, 1.54) is 3.97 Å². The Balaban J connectivity index is 2.51. The average molecular weight is 457 g/mol. The lowest BCUT2D eigenvalue weighted by atomic mass is 9.83. The summed E-state index contributed by atoms with van der Waals surface area (Å²) in [7, 11) is -3.74. The molecule has 0 aliphatic carbocycles. The predicted molar refractivity (Wildman–Crippen MR) is 109 cm³/mol. The lowest BCUT2D eigenvalue weighted by Gasteiger charge is -2.30. The van der Waals surface area contributed by atoms with E-state index in [1.54, 1.807) is 36.5 Å². The van der Waals surface area contributed by atoms with E-state index in [0.29, 0.717) is 17.4 Å². The highest BCUT2D eigenvalue weighted by Gasteiger charge is 2.30. The van der Waals surface area contributed by atoms with Gasteiger partial charge in [0.2, 0.25) is 0 Å². The van der Waals surface area contributed by atoms with Crippen molar-refractivity contribution in [2.45, 2.75) is 51.5 Å². The average Bonchev–Trinajstić information content (AvgIpc) is 2.90. The summed E-state index contributed by atoms with van der Waals surface area (Å²) < 4.78 is 27.8. The maximum absolute atomic E-state index is 13.0. The molecule has 0 aliphatic rings. The molecule has 1 atom stereocenters. The first kappa shape index (κ1) is 21.5. The standard InChI is InChI=1S/C19H25BrN2O4S/c1-5-15-13(11-16(19(2,3)4)21-18(23)24)12-22(17(15)20)27(25,26)14-9-7-6-8-10-14/h6-10,12,16,21H,5,11H2,1-4H3,(H,23,24). The van der Waals surface area contributed by atoms with Gasteiger partial charge in [-0.3, -0.25) is 0 Å². The fourth-order valence-corrected chi connectivity index (χ4v) is 5.44. The molecule has 2 aromatic rings. The van der Waals surface area contributed by atoms with Crippen molar-refractivity contribution in [2.24, 2.45) is 5.41 Å². The highest BCUT2D eigenvalue weighted by Crippen LogP contribution is 2.31. The second-order valence-electron chi connectivity index (χ2n) is 7.46. The first-order chi connectivity index (χ1) is 12.5. The summed E-state index contributed by atoms with van der Waals surface area (Å²) in [5.41, 5.74) is 1.34. The SMILES string of the molecule is CCc1c(CC(NC(=O)O)C(C)(C)C)cn(S(=O)(=O)c2ccccc2)c1Br. The number of aromatic nitrogens is 1. The van der Waals surface area contributed by atoms with Crippen molar-refractivity contribution in [2.75, 3.05) is 0 Å². The predicted octanol–water partition coefficient (Wildman–Crippen LogP) is 4.27. The van der Waals surface area contributed by atoms with Crippen molar-refractivity contribution in [3.05, 3.63) is 52.3 Å². The molecule has 1 heterocycles. The van der Waals surface area contributed by atoms with E-state index < -0.39 is 16.1 Å². The van der Waals surface area contributed by atoms with Crippen LogP contribution >= 0.6 is 15.9 Å². The highest BCUT2D eigenvalue weighted by molar-refractivity contribution is 9.10. The fraction of sp³-hybridized carbons (Fsp3) is 0.421. The van der Waals surface area contributed by atoms with Crippen molar-refractivity contribution in [1.82, 2.24) is 9.29 Å². The number of hydrogen-bond donors (Lipinski definition) is 2. The summed E-state index contributed by atoms with van der Waals surface area (Å²) in [6.07, 6.45) is 1.52. The summed E-state index contributed by atoms with van der Waals surface area (Å²) in [5, 5.41) is 11.7. The minimum absolute atomic E-state index is 0.200. The van der Waals surface area contributed by atoms with E-state index in [0.717, 1.165) is 11.1 Å². The highest BCUT2D eigenvalue weighted by atomic mass is 79.9. The van der Waals surface area contributed by atoms with Crippen LogP contribution in [0.3, 0.4) is 0 Å². The zero-order chi connectivity index (χ0) is 20.4. The molecular formula is C19H25BrN2O4S. The van der Waals surface area contributed by atoms with Crippen LogP contribution in [-0.2, 0) is 22.9 Å². The van der Waals surface area contributed by atoms with Crippen LogP contribution in [0.2, 0.25) is 0 Å². The quantitative estimate of drug-likeness (QED) is 0.678. The maximum Gasteiger partial charge on any atom is 0.404 e. The molecule has 8 heteroatoms. The topological polar surface area (TPSA) is 88.4 Å². The summed E-state index contributed by atoms with van der Waals surface area (Å²) in [6, 6.07) is 7.87. The Labute approximate surface area is 168 Å². The zero-order valence-corrected chi connectivity index (χ0v) is 18.3. The van der Waals surface area contributed by atoms with Gasteiger partial charge in [-0.1, -0.05) is 45.9 Å². The Hall–Kier alpha value is -1.80. The molecule has 2 N–H and O–H groups in total. The number of rotatable bonds is 6. The molecule has 0 aliphatic heterocycles. The molecule has 148 valence electrons.